The Morgan fingerprint density at radius 2 is 2.25 bits per heavy atom. The first kappa shape index (κ1) is 13.7. The standard InChI is InChI=1S/C12H12IN3O4/c13-8-3-7(4-9(5-8)16(18)19)11-14-12(17)10-6-20-2-1-15(10)11/h3-5,10-11H,1-2,6H2,(H,14,17). The van der Waals surface area contributed by atoms with Crippen LogP contribution in [0.1, 0.15) is 11.7 Å². The van der Waals surface area contributed by atoms with Crippen molar-refractivity contribution >= 4 is 34.2 Å². The van der Waals surface area contributed by atoms with E-state index in [-0.39, 0.29) is 23.8 Å². The number of hydrogen-bond donors (Lipinski definition) is 1. The van der Waals surface area contributed by atoms with E-state index in [1.807, 2.05) is 33.6 Å². The van der Waals surface area contributed by atoms with Crippen molar-refractivity contribution < 1.29 is 14.5 Å². The smallest absolute Gasteiger partial charge is 0.270 e. The van der Waals surface area contributed by atoms with Crippen LogP contribution < -0.4 is 5.32 Å². The van der Waals surface area contributed by atoms with E-state index in [4.69, 9.17) is 4.74 Å². The molecule has 0 bridgehead atoms. The molecule has 1 amide bonds. The molecule has 0 spiro atoms. The largest absolute Gasteiger partial charge is 0.378 e. The molecule has 3 rings (SSSR count). The number of benzene rings is 1. The number of nitro benzene ring substituents is 1. The second-order valence-electron chi connectivity index (χ2n) is 4.74. The molecule has 2 fully saturated rings. The summed E-state index contributed by atoms with van der Waals surface area (Å²) in [6.07, 6.45) is -0.315. The molecular formula is C12H12IN3O4. The molecule has 0 aromatic heterocycles. The number of nitrogens with zero attached hydrogens (tertiary/aromatic N) is 2. The summed E-state index contributed by atoms with van der Waals surface area (Å²) < 4.78 is 6.09. The molecule has 20 heavy (non-hydrogen) atoms. The van der Waals surface area contributed by atoms with Crippen LogP contribution in [0.5, 0.6) is 0 Å². The summed E-state index contributed by atoms with van der Waals surface area (Å²) in [6, 6.07) is 4.59. The van der Waals surface area contributed by atoms with Crippen LogP contribution in [0.15, 0.2) is 18.2 Å². The highest BCUT2D eigenvalue weighted by Gasteiger charge is 2.42. The zero-order valence-electron chi connectivity index (χ0n) is 10.4. The first-order valence-electron chi connectivity index (χ1n) is 6.15. The van der Waals surface area contributed by atoms with Crippen molar-refractivity contribution in [2.75, 3.05) is 19.8 Å². The molecule has 2 atom stereocenters. The zero-order valence-corrected chi connectivity index (χ0v) is 12.6. The predicted molar refractivity (Wildman–Crippen MR) is 78.0 cm³/mol. The van der Waals surface area contributed by atoms with Crippen LogP contribution in [-0.2, 0) is 9.53 Å². The number of ether oxygens (including phenoxy) is 1. The Hall–Kier alpha value is -1.26. The van der Waals surface area contributed by atoms with Crippen molar-refractivity contribution in [3.63, 3.8) is 0 Å². The van der Waals surface area contributed by atoms with Crippen LogP contribution in [0.4, 0.5) is 5.69 Å². The van der Waals surface area contributed by atoms with E-state index in [0.29, 0.717) is 19.8 Å². The van der Waals surface area contributed by atoms with Crippen molar-refractivity contribution in [3.8, 4) is 0 Å². The van der Waals surface area contributed by atoms with E-state index in [1.165, 1.54) is 12.1 Å². The van der Waals surface area contributed by atoms with Gasteiger partial charge >= 0.3 is 0 Å². The molecule has 0 radical (unpaired) electrons. The van der Waals surface area contributed by atoms with E-state index in [2.05, 4.69) is 5.32 Å². The number of nitrogens with one attached hydrogen (secondary N) is 1. The van der Waals surface area contributed by atoms with E-state index in [0.717, 1.165) is 9.13 Å². The molecule has 106 valence electrons. The summed E-state index contributed by atoms with van der Waals surface area (Å²) in [4.78, 5) is 24.5. The second kappa shape index (κ2) is 5.26. The summed E-state index contributed by atoms with van der Waals surface area (Å²) in [6.45, 7) is 1.57. The van der Waals surface area contributed by atoms with E-state index in [1.54, 1.807) is 0 Å². The molecule has 7 nitrogen and oxygen atoms in total. The van der Waals surface area contributed by atoms with Gasteiger partial charge < -0.3 is 10.1 Å². The van der Waals surface area contributed by atoms with Crippen molar-refractivity contribution in [1.29, 1.82) is 0 Å². The molecule has 0 aliphatic carbocycles. The van der Waals surface area contributed by atoms with Gasteiger partial charge in [-0.3, -0.25) is 19.8 Å². The lowest BCUT2D eigenvalue weighted by molar-refractivity contribution is -0.385. The summed E-state index contributed by atoms with van der Waals surface area (Å²) in [5.74, 6) is -0.0868. The fraction of sp³-hybridized carbons (Fsp3) is 0.417. The van der Waals surface area contributed by atoms with Gasteiger partial charge in [-0.15, -0.1) is 0 Å². The van der Waals surface area contributed by atoms with Gasteiger partial charge in [-0.05, 0) is 34.2 Å². The third-order valence-electron chi connectivity index (χ3n) is 3.51. The molecule has 2 saturated heterocycles. The number of non-ortho nitro benzene ring substituents is 1. The Kier molecular flexibility index (Phi) is 3.61. The summed E-state index contributed by atoms with van der Waals surface area (Å²) in [5, 5.41) is 13.8. The summed E-state index contributed by atoms with van der Waals surface area (Å²) >= 11 is 2.04. The molecule has 1 aromatic rings. The Morgan fingerprint density at radius 3 is 3.00 bits per heavy atom. The average molecular weight is 389 g/mol. The van der Waals surface area contributed by atoms with Crippen molar-refractivity contribution in [2.45, 2.75) is 12.2 Å². The highest BCUT2D eigenvalue weighted by Crippen LogP contribution is 2.31. The van der Waals surface area contributed by atoms with Gasteiger partial charge in [0, 0.05) is 22.2 Å². The number of morpholine rings is 1. The van der Waals surface area contributed by atoms with Gasteiger partial charge in [-0.2, -0.15) is 0 Å². The minimum atomic E-state index is -0.417. The maximum Gasteiger partial charge on any atom is 0.270 e. The van der Waals surface area contributed by atoms with E-state index >= 15 is 0 Å². The number of carbonyl (C=O) groups excluding carboxylic acids is 1. The topological polar surface area (TPSA) is 84.7 Å². The number of halogens is 1. The van der Waals surface area contributed by atoms with Crippen LogP contribution in [0.3, 0.4) is 0 Å². The minimum Gasteiger partial charge on any atom is -0.378 e. The molecule has 2 aliphatic heterocycles. The number of carbonyl (C=O) groups is 1. The molecule has 1 aromatic carbocycles. The quantitative estimate of drug-likeness (QED) is 0.464. The number of nitro groups is 1. The third-order valence-corrected chi connectivity index (χ3v) is 4.14. The van der Waals surface area contributed by atoms with Crippen LogP contribution >= 0.6 is 22.6 Å². The van der Waals surface area contributed by atoms with Gasteiger partial charge in [0.15, 0.2) is 0 Å². The number of fused-ring (bicyclic) bond motifs is 1. The van der Waals surface area contributed by atoms with Gasteiger partial charge in [0.1, 0.15) is 12.2 Å². The fourth-order valence-corrected chi connectivity index (χ4v) is 3.28. The van der Waals surface area contributed by atoms with Gasteiger partial charge in [-0.25, -0.2) is 0 Å². The lowest BCUT2D eigenvalue weighted by atomic mass is 10.1. The van der Waals surface area contributed by atoms with Crippen LogP contribution in [0.2, 0.25) is 0 Å². The number of rotatable bonds is 2. The first-order chi connectivity index (χ1) is 9.56. The predicted octanol–water partition coefficient (Wildman–Crippen LogP) is 1.03. The molecule has 1 N–H and O–H groups in total. The fourth-order valence-electron chi connectivity index (χ4n) is 2.60. The monoisotopic (exact) mass is 389 g/mol. The molecular weight excluding hydrogens is 377 g/mol. The van der Waals surface area contributed by atoms with Crippen molar-refractivity contribution in [3.05, 3.63) is 37.4 Å². The Labute approximate surface area is 128 Å². The maximum absolute atomic E-state index is 11.9. The Balaban J connectivity index is 1.96. The second-order valence-corrected chi connectivity index (χ2v) is 5.99. The van der Waals surface area contributed by atoms with Gasteiger partial charge in [0.25, 0.3) is 5.69 Å². The van der Waals surface area contributed by atoms with Crippen molar-refractivity contribution in [1.82, 2.24) is 10.2 Å². The van der Waals surface area contributed by atoms with Gasteiger partial charge in [0.2, 0.25) is 5.91 Å². The summed E-state index contributed by atoms with van der Waals surface area (Å²) in [7, 11) is 0. The molecule has 0 saturated carbocycles. The third kappa shape index (κ3) is 2.38. The molecule has 2 heterocycles. The van der Waals surface area contributed by atoms with E-state index in [9.17, 15) is 14.9 Å². The number of hydrogen-bond acceptors (Lipinski definition) is 5. The minimum absolute atomic E-state index is 0.0397. The highest BCUT2D eigenvalue weighted by molar-refractivity contribution is 14.1. The van der Waals surface area contributed by atoms with E-state index < -0.39 is 4.92 Å². The maximum atomic E-state index is 11.9. The van der Waals surface area contributed by atoms with Crippen molar-refractivity contribution in [2.24, 2.45) is 0 Å². The molecule has 8 heteroatoms. The van der Waals surface area contributed by atoms with Gasteiger partial charge in [0.05, 0.1) is 18.1 Å². The Morgan fingerprint density at radius 1 is 1.45 bits per heavy atom. The average Bonchev–Trinajstić information content (AvgIpc) is 2.76. The number of amides is 1. The van der Waals surface area contributed by atoms with Crippen LogP contribution in [0, 0.1) is 13.7 Å². The lowest BCUT2D eigenvalue weighted by Crippen LogP contribution is -2.44. The van der Waals surface area contributed by atoms with Crippen LogP contribution in [-0.4, -0.2) is 41.5 Å². The zero-order chi connectivity index (χ0) is 14.3. The SMILES string of the molecule is O=C1NC(c2cc(I)cc([N+](=O)[O-])c2)N2CCOCC12. The first-order valence-corrected chi connectivity index (χ1v) is 7.23. The summed E-state index contributed by atoms with van der Waals surface area (Å²) in [5.41, 5.74) is 0.777. The molecule has 2 unspecified atom stereocenters. The molecule has 2 aliphatic rings. The van der Waals surface area contributed by atoms with Gasteiger partial charge in [-0.1, -0.05) is 0 Å². The highest BCUT2D eigenvalue weighted by atomic mass is 127. The van der Waals surface area contributed by atoms with Crippen LogP contribution in [0.25, 0.3) is 0 Å². The lowest BCUT2D eigenvalue weighted by Gasteiger charge is -2.31. The Bertz CT molecular complexity index is 580. The normalized spacial score (nSPS) is 26.1.